The third kappa shape index (κ3) is 3.25. The fourth-order valence-corrected chi connectivity index (χ4v) is 1.96. The van der Waals surface area contributed by atoms with Gasteiger partial charge >= 0.3 is 5.97 Å². The Morgan fingerprint density at radius 2 is 2.24 bits per heavy atom. The highest BCUT2D eigenvalue weighted by Crippen LogP contribution is 2.27. The lowest BCUT2D eigenvalue weighted by molar-refractivity contribution is 0.0686. The monoisotopic (exact) mass is 291 g/mol. The molecule has 0 aliphatic carbocycles. The summed E-state index contributed by atoms with van der Waals surface area (Å²) in [5.74, 6) is -0.562. The summed E-state index contributed by atoms with van der Waals surface area (Å²) in [6, 6.07) is 4.99. The first kappa shape index (κ1) is 14.7. The lowest BCUT2D eigenvalue weighted by Crippen LogP contribution is -2.09. The van der Waals surface area contributed by atoms with Crippen LogP contribution in [0.1, 0.15) is 23.0 Å². The minimum absolute atomic E-state index is 0.0770. The minimum atomic E-state index is -1.04. The molecule has 2 aromatic rings. The van der Waals surface area contributed by atoms with Crippen molar-refractivity contribution in [3.63, 3.8) is 0 Å². The van der Waals surface area contributed by atoms with Crippen molar-refractivity contribution in [3.05, 3.63) is 35.7 Å². The Balaban J connectivity index is 2.13. The van der Waals surface area contributed by atoms with Gasteiger partial charge in [-0.2, -0.15) is 5.10 Å². The summed E-state index contributed by atoms with van der Waals surface area (Å²) >= 11 is 0. The number of aromatic hydroxyl groups is 1. The Kier molecular flexibility index (Phi) is 4.32. The number of aromatic nitrogens is 2. The lowest BCUT2D eigenvalue weighted by atomic mass is 10.2. The molecule has 0 saturated carbocycles. The molecule has 112 valence electrons. The van der Waals surface area contributed by atoms with Gasteiger partial charge < -0.3 is 20.3 Å². The first-order valence-electron chi connectivity index (χ1n) is 6.46. The number of benzene rings is 1. The van der Waals surface area contributed by atoms with Crippen molar-refractivity contribution >= 4 is 11.7 Å². The number of carbonyl (C=O) groups is 1. The number of nitrogens with zero attached hydrogens (tertiary/aromatic N) is 2. The average Bonchev–Trinajstić information content (AvgIpc) is 2.81. The van der Waals surface area contributed by atoms with Crippen LogP contribution in [0, 0.1) is 0 Å². The SMILES string of the molecule is CCOc1cc(CNc2cnn(C)c2C(=O)O)ccc1O. The largest absolute Gasteiger partial charge is 0.504 e. The van der Waals surface area contributed by atoms with Crippen LogP contribution >= 0.6 is 0 Å². The van der Waals surface area contributed by atoms with E-state index in [1.807, 2.05) is 6.92 Å². The summed E-state index contributed by atoms with van der Waals surface area (Å²) in [6.45, 7) is 2.68. The smallest absolute Gasteiger partial charge is 0.356 e. The van der Waals surface area contributed by atoms with Gasteiger partial charge in [0.05, 0.1) is 18.5 Å². The van der Waals surface area contributed by atoms with Crippen LogP contribution < -0.4 is 10.1 Å². The Bertz CT molecular complexity index is 652. The van der Waals surface area contributed by atoms with Crippen molar-refractivity contribution in [2.24, 2.45) is 7.05 Å². The molecule has 0 fully saturated rings. The zero-order chi connectivity index (χ0) is 15.4. The first-order chi connectivity index (χ1) is 10.0. The van der Waals surface area contributed by atoms with E-state index < -0.39 is 5.97 Å². The van der Waals surface area contributed by atoms with Crippen LogP contribution in [0.4, 0.5) is 5.69 Å². The number of nitrogens with one attached hydrogen (secondary N) is 1. The van der Waals surface area contributed by atoms with Gasteiger partial charge in [-0.1, -0.05) is 6.07 Å². The molecule has 0 bridgehead atoms. The van der Waals surface area contributed by atoms with Gasteiger partial charge in [-0.15, -0.1) is 0 Å². The molecule has 0 unspecified atom stereocenters. The zero-order valence-electron chi connectivity index (χ0n) is 11.8. The average molecular weight is 291 g/mol. The summed E-state index contributed by atoms with van der Waals surface area (Å²) in [4.78, 5) is 11.1. The molecule has 0 aliphatic rings. The highest BCUT2D eigenvalue weighted by molar-refractivity contribution is 5.92. The molecule has 7 nitrogen and oxygen atoms in total. The van der Waals surface area contributed by atoms with E-state index in [1.165, 1.54) is 10.9 Å². The number of carboxylic acid groups (broad SMARTS) is 1. The third-order valence-electron chi connectivity index (χ3n) is 2.95. The number of aromatic carboxylic acids is 1. The summed E-state index contributed by atoms with van der Waals surface area (Å²) in [6.07, 6.45) is 1.47. The molecule has 1 heterocycles. The molecular weight excluding hydrogens is 274 g/mol. The number of hydrogen-bond donors (Lipinski definition) is 3. The fourth-order valence-electron chi connectivity index (χ4n) is 1.96. The normalized spacial score (nSPS) is 10.4. The van der Waals surface area contributed by atoms with Gasteiger partial charge in [0.1, 0.15) is 0 Å². The second-order valence-corrected chi connectivity index (χ2v) is 4.42. The van der Waals surface area contributed by atoms with E-state index in [2.05, 4.69) is 10.4 Å². The highest BCUT2D eigenvalue weighted by Gasteiger charge is 2.15. The quantitative estimate of drug-likeness (QED) is 0.751. The second-order valence-electron chi connectivity index (χ2n) is 4.42. The molecule has 1 aromatic heterocycles. The maximum Gasteiger partial charge on any atom is 0.356 e. The number of rotatable bonds is 6. The number of carboxylic acids is 1. The molecule has 3 N–H and O–H groups in total. The Labute approximate surface area is 121 Å². The Morgan fingerprint density at radius 3 is 2.90 bits per heavy atom. The maximum absolute atomic E-state index is 11.1. The standard InChI is InChI=1S/C14H17N3O4/c1-3-21-12-6-9(4-5-11(12)18)7-15-10-8-16-17(2)13(10)14(19)20/h4-6,8,15,18H,3,7H2,1-2H3,(H,19,20). The van der Waals surface area contributed by atoms with Crippen molar-refractivity contribution in [2.45, 2.75) is 13.5 Å². The molecule has 0 saturated heterocycles. The molecule has 2 rings (SSSR count). The maximum atomic E-state index is 11.1. The van der Waals surface area contributed by atoms with Gasteiger partial charge in [-0.05, 0) is 24.6 Å². The molecule has 0 atom stereocenters. The second kappa shape index (κ2) is 6.17. The van der Waals surface area contributed by atoms with E-state index in [9.17, 15) is 9.90 Å². The molecule has 0 spiro atoms. The topological polar surface area (TPSA) is 96.6 Å². The fraction of sp³-hybridized carbons (Fsp3) is 0.286. The molecule has 21 heavy (non-hydrogen) atoms. The number of aryl methyl sites for hydroxylation is 1. The molecule has 0 amide bonds. The zero-order valence-corrected chi connectivity index (χ0v) is 11.8. The van der Waals surface area contributed by atoms with Crippen LogP contribution in [0.15, 0.2) is 24.4 Å². The van der Waals surface area contributed by atoms with Crippen molar-refractivity contribution in [1.82, 2.24) is 9.78 Å². The van der Waals surface area contributed by atoms with E-state index in [-0.39, 0.29) is 11.4 Å². The van der Waals surface area contributed by atoms with Crippen LogP contribution in [0.5, 0.6) is 11.5 Å². The van der Waals surface area contributed by atoms with Gasteiger partial charge in [-0.25, -0.2) is 4.79 Å². The van der Waals surface area contributed by atoms with Crippen LogP contribution in [0.25, 0.3) is 0 Å². The molecular formula is C14H17N3O4. The van der Waals surface area contributed by atoms with Gasteiger partial charge in [0.25, 0.3) is 0 Å². The van der Waals surface area contributed by atoms with Crippen molar-refractivity contribution in [3.8, 4) is 11.5 Å². The number of phenolic OH excluding ortho intramolecular Hbond substituents is 1. The van der Waals surface area contributed by atoms with Crippen molar-refractivity contribution in [1.29, 1.82) is 0 Å². The van der Waals surface area contributed by atoms with Crippen molar-refractivity contribution < 1.29 is 19.7 Å². The first-order valence-corrected chi connectivity index (χ1v) is 6.46. The number of hydrogen-bond acceptors (Lipinski definition) is 5. The summed E-state index contributed by atoms with van der Waals surface area (Å²) in [5, 5.41) is 25.7. The van der Waals surface area contributed by atoms with E-state index >= 15 is 0 Å². The van der Waals surface area contributed by atoms with Crippen molar-refractivity contribution in [2.75, 3.05) is 11.9 Å². The summed E-state index contributed by atoms with van der Waals surface area (Å²) < 4.78 is 6.61. The van der Waals surface area contributed by atoms with E-state index in [1.54, 1.807) is 25.2 Å². The Morgan fingerprint density at radius 1 is 1.48 bits per heavy atom. The van der Waals surface area contributed by atoms with E-state index in [0.717, 1.165) is 5.56 Å². The van der Waals surface area contributed by atoms with Crippen LogP contribution in [0.2, 0.25) is 0 Å². The predicted octanol–water partition coefficient (Wildman–Crippen LogP) is 1.83. The van der Waals surface area contributed by atoms with Gasteiger partial charge in [0.2, 0.25) is 0 Å². The number of anilines is 1. The highest BCUT2D eigenvalue weighted by atomic mass is 16.5. The summed E-state index contributed by atoms with van der Waals surface area (Å²) in [7, 11) is 1.57. The third-order valence-corrected chi connectivity index (χ3v) is 2.95. The van der Waals surface area contributed by atoms with Gasteiger partial charge in [0.15, 0.2) is 17.2 Å². The minimum Gasteiger partial charge on any atom is -0.504 e. The van der Waals surface area contributed by atoms with Gasteiger partial charge in [-0.3, -0.25) is 4.68 Å². The van der Waals surface area contributed by atoms with E-state index in [4.69, 9.17) is 9.84 Å². The predicted molar refractivity (Wildman–Crippen MR) is 76.8 cm³/mol. The van der Waals surface area contributed by atoms with Crippen LogP contribution in [0.3, 0.4) is 0 Å². The Hall–Kier alpha value is -2.70. The molecule has 0 aliphatic heterocycles. The van der Waals surface area contributed by atoms with Gasteiger partial charge in [0, 0.05) is 13.6 Å². The molecule has 0 radical (unpaired) electrons. The number of phenols is 1. The summed E-state index contributed by atoms with van der Waals surface area (Å²) in [5.41, 5.74) is 1.39. The van der Waals surface area contributed by atoms with Crippen LogP contribution in [-0.2, 0) is 13.6 Å². The molecule has 1 aromatic carbocycles. The lowest BCUT2D eigenvalue weighted by Gasteiger charge is -2.10. The molecule has 7 heteroatoms. The number of ether oxygens (including phenoxy) is 1. The van der Waals surface area contributed by atoms with Crippen LogP contribution in [-0.4, -0.2) is 32.6 Å². The van der Waals surface area contributed by atoms with E-state index in [0.29, 0.717) is 24.6 Å².